The van der Waals surface area contributed by atoms with Gasteiger partial charge in [0.15, 0.2) is 0 Å². The van der Waals surface area contributed by atoms with E-state index in [9.17, 15) is 13.2 Å². The molecule has 0 unspecified atom stereocenters. The van der Waals surface area contributed by atoms with E-state index in [0.717, 1.165) is 6.26 Å². The van der Waals surface area contributed by atoms with E-state index in [1.807, 2.05) is 10.3 Å². The fourth-order valence-corrected chi connectivity index (χ4v) is 0.883. The highest BCUT2D eigenvalue weighted by Crippen LogP contribution is 1.97. The lowest BCUT2D eigenvalue weighted by atomic mass is 10.3. The van der Waals surface area contributed by atoms with Gasteiger partial charge in [0.2, 0.25) is 10.0 Å². The highest BCUT2D eigenvalue weighted by Gasteiger charge is 2.08. The van der Waals surface area contributed by atoms with Crippen LogP contribution < -0.4 is 10.3 Å². The molecule has 0 radical (unpaired) electrons. The highest BCUT2D eigenvalue weighted by molar-refractivity contribution is 7.88. The van der Waals surface area contributed by atoms with Crippen LogP contribution in [0.2, 0.25) is 0 Å². The molecule has 7 heteroatoms. The summed E-state index contributed by atoms with van der Waals surface area (Å²) in [5, 5.41) is 0. The summed E-state index contributed by atoms with van der Waals surface area (Å²) in [6, 6.07) is 1.42. The maximum Gasteiger partial charge on any atom is 0.269 e. The van der Waals surface area contributed by atoms with Gasteiger partial charge in [-0.25, -0.2) is 8.42 Å². The zero-order chi connectivity index (χ0) is 9.90. The Bertz CT molecular complexity index is 381. The minimum Gasteiger partial charge on any atom is -0.472 e. The van der Waals surface area contributed by atoms with Crippen LogP contribution in [0.4, 0.5) is 0 Å². The van der Waals surface area contributed by atoms with Crippen molar-refractivity contribution in [1.82, 2.24) is 10.3 Å². The van der Waals surface area contributed by atoms with Crippen molar-refractivity contribution in [2.75, 3.05) is 6.26 Å². The predicted molar refractivity (Wildman–Crippen MR) is 44.2 cm³/mol. The maximum absolute atomic E-state index is 11.1. The number of furan rings is 1. The molecule has 0 aromatic carbocycles. The third-order valence-electron chi connectivity index (χ3n) is 1.13. The number of carbonyl (C=O) groups excluding carboxylic acids is 1. The lowest BCUT2D eigenvalue weighted by Crippen LogP contribution is -2.40. The molecule has 0 fully saturated rings. The van der Waals surface area contributed by atoms with Crippen LogP contribution in [0.25, 0.3) is 0 Å². The van der Waals surface area contributed by atoms with Gasteiger partial charge < -0.3 is 4.42 Å². The molecule has 1 heterocycles. The molecule has 1 aromatic rings. The number of hydrogen-bond acceptors (Lipinski definition) is 4. The lowest BCUT2D eigenvalue weighted by Gasteiger charge is -2.01. The number of carbonyl (C=O) groups is 1. The number of rotatable bonds is 3. The first-order chi connectivity index (χ1) is 5.99. The van der Waals surface area contributed by atoms with Crippen molar-refractivity contribution in [2.45, 2.75) is 0 Å². The average Bonchev–Trinajstić information content (AvgIpc) is 2.50. The van der Waals surface area contributed by atoms with Gasteiger partial charge >= 0.3 is 0 Å². The number of sulfonamides is 1. The Morgan fingerprint density at radius 1 is 1.54 bits per heavy atom. The van der Waals surface area contributed by atoms with Crippen LogP contribution in [0.15, 0.2) is 23.0 Å². The largest absolute Gasteiger partial charge is 0.472 e. The van der Waals surface area contributed by atoms with Gasteiger partial charge in [-0.2, -0.15) is 0 Å². The van der Waals surface area contributed by atoms with Gasteiger partial charge in [0.1, 0.15) is 6.26 Å². The maximum atomic E-state index is 11.1. The van der Waals surface area contributed by atoms with Gasteiger partial charge in [-0.05, 0) is 6.07 Å². The van der Waals surface area contributed by atoms with Gasteiger partial charge in [0.25, 0.3) is 5.91 Å². The van der Waals surface area contributed by atoms with Crippen LogP contribution in [0, 0.1) is 0 Å². The van der Waals surface area contributed by atoms with Crippen molar-refractivity contribution >= 4 is 15.9 Å². The van der Waals surface area contributed by atoms with Crippen molar-refractivity contribution in [3.63, 3.8) is 0 Å². The zero-order valence-electron chi connectivity index (χ0n) is 6.77. The summed E-state index contributed by atoms with van der Waals surface area (Å²) in [5.74, 6) is -0.570. The first kappa shape index (κ1) is 9.75. The molecule has 2 N–H and O–H groups in total. The van der Waals surface area contributed by atoms with E-state index in [1.165, 1.54) is 18.6 Å². The summed E-state index contributed by atoms with van der Waals surface area (Å²) in [4.78, 5) is 12.9. The topological polar surface area (TPSA) is 88.4 Å². The molecule has 0 saturated carbocycles. The minimum absolute atomic E-state index is 0.246. The molecule has 0 aliphatic rings. The minimum atomic E-state index is -3.42. The van der Waals surface area contributed by atoms with Gasteiger partial charge in [-0.3, -0.25) is 10.2 Å². The van der Waals surface area contributed by atoms with E-state index in [4.69, 9.17) is 0 Å². The van der Waals surface area contributed by atoms with Gasteiger partial charge in [-0.15, -0.1) is 4.83 Å². The van der Waals surface area contributed by atoms with E-state index >= 15 is 0 Å². The zero-order valence-corrected chi connectivity index (χ0v) is 7.59. The summed E-state index contributed by atoms with van der Waals surface area (Å²) in [7, 11) is -3.42. The molecule has 0 bridgehead atoms. The van der Waals surface area contributed by atoms with Crippen LogP contribution >= 0.6 is 0 Å². The monoisotopic (exact) mass is 204 g/mol. The molecule has 0 aliphatic carbocycles. The molecule has 0 saturated heterocycles. The molecular weight excluding hydrogens is 196 g/mol. The second-order valence-electron chi connectivity index (χ2n) is 2.34. The summed E-state index contributed by atoms with van der Waals surface area (Å²) in [6.45, 7) is 0. The van der Waals surface area contributed by atoms with E-state index in [1.54, 1.807) is 0 Å². The normalized spacial score (nSPS) is 11.2. The first-order valence-corrected chi connectivity index (χ1v) is 5.17. The Labute approximate surface area is 74.9 Å². The number of hydrazine groups is 1. The Kier molecular flexibility index (Phi) is 2.69. The molecule has 1 aromatic heterocycles. The van der Waals surface area contributed by atoms with Crippen LogP contribution in [-0.2, 0) is 10.0 Å². The van der Waals surface area contributed by atoms with E-state index in [2.05, 4.69) is 4.42 Å². The predicted octanol–water partition coefficient (Wildman–Crippen LogP) is -0.526. The average molecular weight is 204 g/mol. The summed E-state index contributed by atoms with van der Waals surface area (Å²) >= 11 is 0. The van der Waals surface area contributed by atoms with E-state index in [0.29, 0.717) is 0 Å². The third-order valence-corrected chi connectivity index (χ3v) is 1.61. The van der Waals surface area contributed by atoms with Crippen LogP contribution in [0.5, 0.6) is 0 Å². The fraction of sp³-hybridized carbons (Fsp3) is 0.167. The standard InChI is InChI=1S/C6H8N2O4S/c1-13(10,11)8-7-6(9)5-2-3-12-4-5/h2-4,8H,1H3,(H,7,9). The van der Waals surface area contributed by atoms with Crippen LogP contribution in [0.1, 0.15) is 10.4 Å². The van der Waals surface area contributed by atoms with Crippen LogP contribution in [-0.4, -0.2) is 20.6 Å². The molecule has 13 heavy (non-hydrogen) atoms. The van der Waals surface area contributed by atoms with Crippen molar-refractivity contribution in [1.29, 1.82) is 0 Å². The third kappa shape index (κ3) is 3.26. The Balaban J connectivity index is 2.53. The Morgan fingerprint density at radius 2 is 2.23 bits per heavy atom. The van der Waals surface area contributed by atoms with Crippen LogP contribution in [0.3, 0.4) is 0 Å². The molecular formula is C6H8N2O4S. The molecule has 0 aliphatic heterocycles. The summed E-state index contributed by atoms with van der Waals surface area (Å²) in [5.41, 5.74) is 2.23. The van der Waals surface area contributed by atoms with Crippen molar-refractivity contribution in [3.05, 3.63) is 24.2 Å². The number of hydrogen-bond donors (Lipinski definition) is 2. The second kappa shape index (κ2) is 3.58. The molecule has 0 spiro atoms. The quantitative estimate of drug-likeness (QED) is 0.648. The smallest absolute Gasteiger partial charge is 0.269 e. The molecule has 6 nitrogen and oxygen atoms in total. The lowest BCUT2D eigenvalue weighted by molar-refractivity contribution is 0.0944. The SMILES string of the molecule is CS(=O)(=O)NNC(=O)c1ccoc1. The molecule has 0 atom stereocenters. The Hall–Kier alpha value is -1.34. The van der Waals surface area contributed by atoms with Crippen molar-refractivity contribution in [3.8, 4) is 0 Å². The molecule has 1 amide bonds. The Morgan fingerprint density at radius 3 is 2.69 bits per heavy atom. The highest BCUT2D eigenvalue weighted by atomic mass is 32.2. The number of nitrogens with one attached hydrogen (secondary N) is 2. The summed E-state index contributed by atoms with van der Waals surface area (Å²) in [6.07, 6.45) is 3.46. The molecule has 72 valence electrons. The van der Waals surface area contributed by atoms with Gasteiger partial charge in [0.05, 0.1) is 18.1 Å². The molecule has 1 rings (SSSR count). The number of amides is 1. The van der Waals surface area contributed by atoms with E-state index < -0.39 is 15.9 Å². The van der Waals surface area contributed by atoms with Gasteiger partial charge in [0, 0.05) is 0 Å². The van der Waals surface area contributed by atoms with E-state index in [-0.39, 0.29) is 5.56 Å². The van der Waals surface area contributed by atoms with Gasteiger partial charge in [-0.1, -0.05) is 0 Å². The fourth-order valence-electron chi connectivity index (χ4n) is 0.605. The van der Waals surface area contributed by atoms with Crippen molar-refractivity contribution < 1.29 is 17.6 Å². The first-order valence-electron chi connectivity index (χ1n) is 3.28. The summed E-state index contributed by atoms with van der Waals surface area (Å²) < 4.78 is 25.7. The van der Waals surface area contributed by atoms with Crippen molar-refractivity contribution in [2.24, 2.45) is 0 Å². The second-order valence-corrected chi connectivity index (χ2v) is 4.09.